The maximum absolute atomic E-state index is 10.3. The molecule has 4 rings (SSSR count). The molecule has 2 N–H and O–H groups in total. The van der Waals surface area contributed by atoms with E-state index in [0.29, 0.717) is 0 Å². The summed E-state index contributed by atoms with van der Waals surface area (Å²) in [7, 11) is 0. The van der Waals surface area contributed by atoms with Crippen molar-refractivity contribution in [3.8, 4) is 0 Å². The number of hydrogen-bond donors (Lipinski definition) is 2. The molecule has 2 heterocycles. The minimum atomic E-state index is -0.424. The summed E-state index contributed by atoms with van der Waals surface area (Å²) in [6.45, 7) is 2.04. The molecular weight excluding hydrogens is 284 g/mol. The van der Waals surface area contributed by atoms with Crippen molar-refractivity contribution < 1.29 is 4.92 Å². The van der Waals surface area contributed by atoms with Crippen LogP contribution in [0, 0.1) is 17.0 Å². The number of nitrogens with zero attached hydrogens (tertiary/aromatic N) is 4. The lowest BCUT2D eigenvalue weighted by molar-refractivity contribution is -0.384. The fourth-order valence-electron chi connectivity index (χ4n) is 2.00. The number of benzene rings is 2. The van der Waals surface area contributed by atoms with Crippen LogP contribution in [0.5, 0.6) is 0 Å². The fourth-order valence-corrected chi connectivity index (χ4v) is 2.00. The molecule has 0 atom stereocenters. The molecule has 0 radical (unpaired) electrons. The van der Waals surface area contributed by atoms with E-state index in [0.717, 1.165) is 21.9 Å². The van der Waals surface area contributed by atoms with Gasteiger partial charge in [-0.25, -0.2) is 0 Å². The molecular formula is C14H12N6O2. The molecule has 0 spiro atoms. The highest BCUT2D eigenvalue weighted by molar-refractivity contribution is 5.80. The molecule has 8 heteroatoms. The van der Waals surface area contributed by atoms with E-state index >= 15 is 0 Å². The summed E-state index contributed by atoms with van der Waals surface area (Å²) >= 11 is 0. The summed E-state index contributed by atoms with van der Waals surface area (Å²) in [6.07, 6.45) is 1.56. The van der Waals surface area contributed by atoms with E-state index in [9.17, 15) is 10.1 Å². The van der Waals surface area contributed by atoms with Crippen LogP contribution in [0.4, 0.5) is 5.69 Å². The Bertz CT molecular complexity index is 942. The zero-order chi connectivity index (χ0) is 15.5. The van der Waals surface area contributed by atoms with E-state index < -0.39 is 4.92 Å². The molecule has 2 aromatic carbocycles. The predicted octanol–water partition coefficient (Wildman–Crippen LogP) is 2.74. The van der Waals surface area contributed by atoms with Crippen LogP contribution in [0.25, 0.3) is 21.9 Å². The first-order valence-corrected chi connectivity index (χ1v) is 6.48. The van der Waals surface area contributed by atoms with Crippen LogP contribution in [0.1, 0.15) is 5.56 Å². The lowest BCUT2D eigenvalue weighted by Gasteiger charge is -1.89. The summed E-state index contributed by atoms with van der Waals surface area (Å²) in [5.41, 5.74) is 4.02. The standard InChI is InChI=1S/C7H5N3O2.C7H7N3/c11-10(12)6-1-2-7-5(3-6)4-8-9-7;1-5-2-3-6-7(4-5)9-10-8-6/h1-4H,(H,8,9);2-4H,1H3,(H,8,9,10). The average molecular weight is 296 g/mol. The van der Waals surface area contributed by atoms with Crippen LogP contribution < -0.4 is 0 Å². The molecule has 22 heavy (non-hydrogen) atoms. The van der Waals surface area contributed by atoms with Crippen molar-refractivity contribution in [1.29, 1.82) is 0 Å². The second-order valence-corrected chi connectivity index (χ2v) is 4.73. The third-order valence-electron chi connectivity index (χ3n) is 3.12. The molecule has 0 saturated carbocycles. The number of H-pyrrole nitrogens is 2. The molecule has 0 amide bonds. The summed E-state index contributed by atoms with van der Waals surface area (Å²) in [6, 6.07) is 10.6. The van der Waals surface area contributed by atoms with Crippen molar-refractivity contribution in [2.45, 2.75) is 6.92 Å². The van der Waals surface area contributed by atoms with Crippen molar-refractivity contribution in [2.24, 2.45) is 0 Å². The third kappa shape index (κ3) is 2.75. The van der Waals surface area contributed by atoms with Gasteiger partial charge in [0, 0.05) is 17.5 Å². The Morgan fingerprint density at radius 1 is 1.09 bits per heavy atom. The summed E-state index contributed by atoms with van der Waals surface area (Å²) in [4.78, 5) is 9.92. The Morgan fingerprint density at radius 3 is 2.73 bits per heavy atom. The van der Waals surface area contributed by atoms with Gasteiger partial charge < -0.3 is 0 Å². The molecule has 0 fully saturated rings. The Hall–Kier alpha value is -3.29. The molecule has 0 aliphatic carbocycles. The van der Waals surface area contributed by atoms with Gasteiger partial charge in [-0.05, 0) is 30.7 Å². The Kier molecular flexibility index (Phi) is 3.48. The SMILES string of the molecule is Cc1ccc2[nH]nnc2c1.O=[N+]([O-])c1ccc2[nH]ncc2c1. The van der Waals surface area contributed by atoms with E-state index in [-0.39, 0.29) is 5.69 Å². The molecule has 8 nitrogen and oxygen atoms in total. The molecule has 0 saturated heterocycles. The van der Waals surface area contributed by atoms with Gasteiger partial charge in [-0.1, -0.05) is 11.3 Å². The van der Waals surface area contributed by atoms with Gasteiger partial charge in [0.05, 0.1) is 22.2 Å². The number of aromatic nitrogens is 5. The quantitative estimate of drug-likeness (QED) is 0.414. The maximum atomic E-state index is 10.3. The second-order valence-electron chi connectivity index (χ2n) is 4.73. The molecule has 0 bridgehead atoms. The summed E-state index contributed by atoms with van der Waals surface area (Å²) in [5.74, 6) is 0. The van der Waals surface area contributed by atoms with Crippen molar-refractivity contribution in [3.05, 3.63) is 58.3 Å². The number of non-ortho nitro benzene ring substituents is 1. The summed E-state index contributed by atoms with van der Waals surface area (Å²) in [5, 5.41) is 27.9. The van der Waals surface area contributed by atoms with Gasteiger partial charge in [-0.3, -0.25) is 20.3 Å². The minimum Gasteiger partial charge on any atom is -0.278 e. The van der Waals surface area contributed by atoms with Gasteiger partial charge >= 0.3 is 0 Å². The number of aromatic amines is 2. The van der Waals surface area contributed by atoms with Crippen LogP contribution in [-0.4, -0.2) is 30.5 Å². The topological polar surface area (TPSA) is 113 Å². The number of rotatable bonds is 1. The third-order valence-corrected chi connectivity index (χ3v) is 3.12. The highest BCUT2D eigenvalue weighted by atomic mass is 16.6. The van der Waals surface area contributed by atoms with Crippen LogP contribution in [0.15, 0.2) is 42.6 Å². The largest absolute Gasteiger partial charge is 0.278 e. The number of nitro benzene ring substituents is 1. The van der Waals surface area contributed by atoms with Crippen molar-refractivity contribution in [3.63, 3.8) is 0 Å². The van der Waals surface area contributed by atoms with E-state index in [2.05, 4.69) is 25.6 Å². The first kappa shape index (κ1) is 13.7. The Balaban J connectivity index is 0.000000133. The van der Waals surface area contributed by atoms with E-state index in [4.69, 9.17) is 0 Å². The molecule has 110 valence electrons. The van der Waals surface area contributed by atoms with Crippen LogP contribution in [-0.2, 0) is 0 Å². The Morgan fingerprint density at radius 2 is 1.91 bits per heavy atom. The maximum Gasteiger partial charge on any atom is 0.270 e. The first-order chi connectivity index (χ1) is 10.6. The van der Waals surface area contributed by atoms with E-state index in [1.165, 1.54) is 17.7 Å². The molecule has 0 unspecified atom stereocenters. The average Bonchev–Trinajstić information content (AvgIpc) is 3.14. The number of fused-ring (bicyclic) bond motifs is 2. The van der Waals surface area contributed by atoms with Gasteiger partial charge in [-0.15, -0.1) is 5.10 Å². The van der Waals surface area contributed by atoms with Gasteiger partial charge in [0.15, 0.2) is 0 Å². The van der Waals surface area contributed by atoms with Gasteiger partial charge in [-0.2, -0.15) is 5.10 Å². The number of nitrogens with one attached hydrogen (secondary N) is 2. The lowest BCUT2D eigenvalue weighted by atomic mass is 10.2. The van der Waals surface area contributed by atoms with Gasteiger partial charge in [0.25, 0.3) is 5.69 Å². The van der Waals surface area contributed by atoms with Crippen LogP contribution in [0.3, 0.4) is 0 Å². The van der Waals surface area contributed by atoms with Gasteiger partial charge in [0.1, 0.15) is 5.52 Å². The molecule has 4 aromatic rings. The summed E-state index contributed by atoms with van der Waals surface area (Å²) < 4.78 is 0. The monoisotopic (exact) mass is 296 g/mol. The Labute approximate surface area is 124 Å². The molecule has 0 aliphatic rings. The van der Waals surface area contributed by atoms with Crippen LogP contribution in [0.2, 0.25) is 0 Å². The van der Waals surface area contributed by atoms with Crippen molar-refractivity contribution in [1.82, 2.24) is 25.6 Å². The highest BCUT2D eigenvalue weighted by Crippen LogP contribution is 2.17. The zero-order valence-electron chi connectivity index (χ0n) is 11.6. The molecule has 2 aromatic heterocycles. The van der Waals surface area contributed by atoms with Crippen LogP contribution >= 0.6 is 0 Å². The van der Waals surface area contributed by atoms with Crippen molar-refractivity contribution >= 4 is 27.6 Å². The van der Waals surface area contributed by atoms with E-state index in [1.807, 2.05) is 25.1 Å². The lowest BCUT2D eigenvalue weighted by Crippen LogP contribution is -1.86. The number of hydrogen-bond acceptors (Lipinski definition) is 5. The zero-order valence-corrected chi connectivity index (χ0v) is 11.6. The smallest absolute Gasteiger partial charge is 0.270 e. The highest BCUT2D eigenvalue weighted by Gasteiger charge is 2.05. The second kappa shape index (κ2) is 5.60. The number of nitro groups is 1. The fraction of sp³-hybridized carbons (Fsp3) is 0.0714. The van der Waals surface area contributed by atoms with Gasteiger partial charge in [0.2, 0.25) is 0 Å². The van der Waals surface area contributed by atoms with Crippen molar-refractivity contribution in [2.75, 3.05) is 0 Å². The first-order valence-electron chi connectivity index (χ1n) is 6.48. The minimum absolute atomic E-state index is 0.0869. The number of aryl methyl sites for hydroxylation is 1. The van der Waals surface area contributed by atoms with E-state index in [1.54, 1.807) is 12.3 Å². The predicted molar refractivity (Wildman–Crippen MR) is 81.4 cm³/mol. The molecule has 0 aliphatic heterocycles. The normalized spacial score (nSPS) is 10.4.